The first-order valence-corrected chi connectivity index (χ1v) is 8.13. The number of aromatic nitrogens is 2. The number of hydrogen-bond acceptors (Lipinski definition) is 5. The molecule has 1 aromatic heterocycles. The number of nitrogens with zero attached hydrogens (tertiary/aromatic N) is 3. The van der Waals surface area contributed by atoms with Crippen molar-refractivity contribution in [3.63, 3.8) is 0 Å². The second kappa shape index (κ2) is 7.00. The number of carbonyl (C=O) groups excluding carboxylic acids is 2. The summed E-state index contributed by atoms with van der Waals surface area (Å²) in [4.78, 5) is 25.5. The SMILES string of the molecule is CCCC(=O)Nc1nnc(C2CC(=O)N(c3ccc(Cl)cc3)C2)o1. The lowest BCUT2D eigenvalue weighted by atomic mass is 10.1. The quantitative estimate of drug-likeness (QED) is 0.897. The number of benzene rings is 1. The average molecular weight is 349 g/mol. The van der Waals surface area contributed by atoms with E-state index in [2.05, 4.69) is 15.5 Å². The number of rotatable bonds is 5. The van der Waals surface area contributed by atoms with Gasteiger partial charge in [0.05, 0.1) is 5.92 Å². The smallest absolute Gasteiger partial charge is 0.322 e. The first kappa shape index (κ1) is 16.4. The van der Waals surface area contributed by atoms with E-state index in [1.165, 1.54) is 0 Å². The Bertz CT molecular complexity index is 744. The van der Waals surface area contributed by atoms with E-state index in [9.17, 15) is 9.59 Å². The van der Waals surface area contributed by atoms with Crippen LogP contribution in [-0.4, -0.2) is 28.6 Å². The molecule has 0 saturated carbocycles. The zero-order valence-electron chi connectivity index (χ0n) is 13.2. The molecular weight excluding hydrogens is 332 g/mol. The number of nitrogens with one attached hydrogen (secondary N) is 1. The van der Waals surface area contributed by atoms with E-state index in [1.807, 2.05) is 6.92 Å². The van der Waals surface area contributed by atoms with Gasteiger partial charge in [-0.05, 0) is 30.7 Å². The molecule has 1 unspecified atom stereocenters. The molecule has 8 heteroatoms. The number of hydrogen-bond donors (Lipinski definition) is 1. The third-order valence-corrected chi connectivity index (χ3v) is 4.03. The summed E-state index contributed by atoms with van der Waals surface area (Å²) < 4.78 is 5.48. The molecule has 1 saturated heterocycles. The van der Waals surface area contributed by atoms with Gasteiger partial charge in [-0.2, -0.15) is 0 Å². The molecular formula is C16H17ClN4O3. The van der Waals surface area contributed by atoms with E-state index < -0.39 is 0 Å². The number of carbonyl (C=O) groups is 2. The highest BCUT2D eigenvalue weighted by Crippen LogP contribution is 2.32. The molecule has 2 heterocycles. The molecule has 0 bridgehead atoms. The van der Waals surface area contributed by atoms with Crippen molar-refractivity contribution in [1.82, 2.24) is 10.2 Å². The van der Waals surface area contributed by atoms with E-state index in [1.54, 1.807) is 29.2 Å². The maximum atomic E-state index is 12.2. The Kier molecular flexibility index (Phi) is 4.80. The Labute approximate surface area is 144 Å². The van der Waals surface area contributed by atoms with Crippen LogP contribution in [0.4, 0.5) is 11.7 Å². The number of anilines is 2. The zero-order valence-corrected chi connectivity index (χ0v) is 13.9. The summed E-state index contributed by atoms with van der Waals surface area (Å²) in [5.74, 6) is -0.0285. The van der Waals surface area contributed by atoms with Gasteiger partial charge in [0.25, 0.3) is 0 Å². The molecule has 24 heavy (non-hydrogen) atoms. The maximum absolute atomic E-state index is 12.2. The van der Waals surface area contributed by atoms with Crippen LogP contribution in [0.1, 0.15) is 38.0 Å². The van der Waals surface area contributed by atoms with E-state index in [0.29, 0.717) is 23.9 Å². The van der Waals surface area contributed by atoms with Gasteiger partial charge in [-0.3, -0.25) is 14.9 Å². The van der Waals surface area contributed by atoms with Crippen LogP contribution in [0.15, 0.2) is 28.7 Å². The van der Waals surface area contributed by atoms with E-state index in [-0.39, 0.29) is 30.2 Å². The molecule has 1 atom stereocenters. The Hall–Kier alpha value is -2.41. The Morgan fingerprint density at radius 1 is 1.38 bits per heavy atom. The van der Waals surface area contributed by atoms with E-state index in [0.717, 1.165) is 12.1 Å². The highest BCUT2D eigenvalue weighted by Gasteiger charge is 2.35. The molecule has 1 N–H and O–H groups in total. The van der Waals surface area contributed by atoms with Gasteiger partial charge in [0.1, 0.15) is 0 Å². The number of halogens is 1. The summed E-state index contributed by atoms with van der Waals surface area (Å²) in [7, 11) is 0. The predicted molar refractivity (Wildman–Crippen MR) is 89.0 cm³/mol. The van der Waals surface area contributed by atoms with Gasteiger partial charge in [0.15, 0.2) is 0 Å². The predicted octanol–water partition coefficient (Wildman–Crippen LogP) is 2.98. The first-order chi connectivity index (χ1) is 11.6. The molecule has 2 amide bonds. The minimum absolute atomic E-state index is 0.0166. The minimum Gasteiger partial charge on any atom is -0.407 e. The van der Waals surface area contributed by atoms with Crippen molar-refractivity contribution in [1.29, 1.82) is 0 Å². The standard InChI is InChI=1S/C16H17ClN4O3/c1-2-3-13(22)18-16-20-19-15(24-16)10-8-14(23)21(9-10)12-6-4-11(17)5-7-12/h4-7,10H,2-3,8-9H2,1H3,(H,18,20,22). The largest absolute Gasteiger partial charge is 0.407 e. The maximum Gasteiger partial charge on any atom is 0.322 e. The minimum atomic E-state index is -0.197. The second-order valence-corrected chi connectivity index (χ2v) is 6.06. The van der Waals surface area contributed by atoms with E-state index >= 15 is 0 Å². The van der Waals surface area contributed by atoms with Crippen LogP contribution >= 0.6 is 11.6 Å². The second-order valence-electron chi connectivity index (χ2n) is 5.63. The third kappa shape index (κ3) is 3.56. The first-order valence-electron chi connectivity index (χ1n) is 7.76. The zero-order chi connectivity index (χ0) is 17.1. The molecule has 0 radical (unpaired) electrons. The molecule has 2 aromatic rings. The van der Waals surface area contributed by atoms with Crippen molar-refractivity contribution in [3.8, 4) is 0 Å². The van der Waals surface area contributed by atoms with Crippen LogP contribution in [-0.2, 0) is 9.59 Å². The summed E-state index contributed by atoms with van der Waals surface area (Å²) in [5.41, 5.74) is 0.780. The molecule has 3 rings (SSSR count). The topological polar surface area (TPSA) is 88.3 Å². The van der Waals surface area contributed by atoms with Gasteiger partial charge in [0.2, 0.25) is 17.7 Å². The van der Waals surface area contributed by atoms with Gasteiger partial charge >= 0.3 is 6.01 Å². The fourth-order valence-corrected chi connectivity index (χ4v) is 2.73. The molecule has 1 fully saturated rings. The van der Waals surface area contributed by atoms with Gasteiger partial charge in [-0.15, -0.1) is 5.10 Å². The molecule has 0 spiro atoms. The fraction of sp³-hybridized carbons (Fsp3) is 0.375. The Morgan fingerprint density at radius 2 is 2.12 bits per heavy atom. The number of amides is 2. The molecule has 1 aliphatic heterocycles. The molecule has 1 aromatic carbocycles. The highest BCUT2D eigenvalue weighted by molar-refractivity contribution is 6.30. The third-order valence-electron chi connectivity index (χ3n) is 3.78. The monoisotopic (exact) mass is 348 g/mol. The van der Waals surface area contributed by atoms with E-state index in [4.69, 9.17) is 16.0 Å². The van der Waals surface area contributed by atoms with Crippen molar-refractivity contribution in [2.45, 2.75) is 32.1 Å². The lowest BCUT2D eigenvalue weighted by molar-refractivity contribution is -0.117. The van der Waals surface area contributed by atoms with Crippen molar-refractivity contribution in [2.75, 3.05) is 16.8 Å². The van der Waals surface area contributed by atoms with Crippen LogP contribution in [0.5, 0.6) is 0 Å². The van der Waals surface area contributed by atoms with Crippen LogP contribution in [0.3, 0.4) is 0 Å². The average Bonchev–Trinajstić information content (AvgIpc) is 3.15. The summed E-state index contributed by atoms with van der Waals surface area (Å²) in [6.07, 6.45) is 1.41. The van der Waals surface area contributed by atoms with Gasteiger partial charge in [-0.25, -0.2) is 0 Å². The van der Waals surface area contributed by atoms with Gasteiger partial charge in [0, 0.05) is 30.1 Å². The lowest BCUT2D eigenvalue weighted by Gasteiger charge is -2.15. The van der Waals surface area contributed by atoms with Crippen LogP contribution in [0, 0.1) is 0 Å². The van der Waals surface area contributed by atoms with Crippen molar-refractivity contribution in [2.24, 2.45) is 0 Å². The van der Waals surface area contributed by atoms with Crippen LogP contribution in [0.25, 0.3) is 0 Å². The fourth-order valence-electron chi connectivity index (χ4n) is 2.60. The van der Waals surface area contributed by atoms with Crippen LogP contribution < -0.4 is 10.2 Å². The Balaban J connectivity index is 1.68. The normalized spacial score (nSPS) is 17.3. The molecule has 126 valence electrons. The van der Waals surface area contributed by atoms with Crippen molar-refractivity contribution in [3.05, 3.63) is 35.2 Å². The molecule has 7 nitrogen and oxygen atoms in total. The lowest BCUT2D eigenvalue weighted by Crippen LogP contribution is -2.24. The summed E-state index contributed by atoms with van der Waals surface area (Å²) in [5, 5.41) is 10.9. The molecule has 0 aliphatic carbocycles. The summed E-state index contributed by atoms with van der Waals surface area (Å²) in [6.45, 7) is 2.36. The van der Waals surface area contributed by atoms with Gasteiger partial charge in [-0.1, -0.05) is 23.6 Å². The van der Waals surface area contributed by atoms with Crippen LogP contribution in [0.2, 0.25) is 5.02 Å². The van der Waals surface area contributed by atoms with Crippen molar-refractivity contribution >= 4 is 35.1 Å². The summed E-state index contributed by atoms with van der Waals surface area (Å²) >= 11 is 5.87. The summed E-state index contributed by atoms with van der Waals surface area (Å²) in [6, 6.07) is 7.15. The van der Waals surface area contributed by atoms with Crippen molar-refractivity contribution < 1.29 is 14.0 Å². The highest BCUT2D eigenvalue weighted by atomic mass is 35.5. The molecule has 1 aliphatic rings. The Morgan fingerprint density at radius 3 is 2.83 bits per heavy atom. The van der Waals surface area contributed by atoms with Gasteiger partial charge < -0.3 is 9.32 Å².